The summed E-state index contributed by atoms with van der Waals surface area (Å²) in [6.45, 7) is 3.38. The van der Waals surface area contributed by atoms with Crippen molar-refractivity contribution in [1.29, 1.82) is 5.26 Å². The highest BCUT2D eigenvalue weighted by Gasteiger charge is 2.25. The second kappa shape index (κ2) is 8.52. The molecule has 1 fully saturated rings. The summed E-state index contributed by atoms with van der Waals surface area (Å²) in [5.74, 6) is 0.760. The molecular weight excluding hydrogens is 425 g/mol. The first-order chi connectivity index (χ1) is 14.5. The molecule has 9 heteroatoms. The van der Waals surface area contributed by atoms with Gasteiger partial charge in [0.2, 0.25) is 0 Å². The number of H-pyrrole nitrogens is 1. The lowest BCUT2D eigenvalue weighted by Crippen LogP contribution is -2.46. The minimum absolute atomic E-state index is 0.0542. The number of hydrogen-bond donors (Lipinski definition) is 1. The van der Waals surface area contributed by atoms with E-state index in [1.807, 2.05) is 29.2 Å². The summed E-state index contributed by atoms with van der Waals surface area (Å²) < 4.78 is 5.44. The Labute approximate surface area is 183 Å². The molecule has 1 aliphatic heterocycles. The van der Waals surface area contributed by atoms with Gasteiger partial charge >= 0.3 is 0 Å². The van der Waals surface area contributed by atoms with E-state index in [1.54, 1.807) is 19.2 Å². The zero-order valence-electron chi connectivity index (χ0n) is 16.3. The number of benzene rings is 1. The summed E-state index contributed by atoms with van der Waals surface area (Å²) in [4.78, 5) is 23.8. The summed E-state index contributed by atoms with van der Waals surface area (Å²) >= 11 is 12.5. The van der Waals surface area contributed by atoms with Crippen LogP contribution in [-0.4, -0.2) is 48.2 Å². The molecule has 0 aliphatic carbocycles. The van der Waals surface area contributed by atoms with Crippen LogP contribution in [0, 0.1) is 11.3 Å². The van der Waals surface area contributed by atoms with E-state index < -0.39 is 5.56 Å². The summed E-state index contributed by atoms with van der Waals surface area (Å²) in [5.41, 5.74) is 2.20. The number of halogens is 2. The number of aromatic amines is 1. The zero-order chi connectivity index (χ0) is 21.3. The van der Waals surface area contributed by atoms with Crippen LogP contribution in [0.25, 0.3) is 11.0 Å². The lowest BCUT2D eigenvalue weighted by atomic mass is 10.1. The molecule has 30 heavy (non-hydrogen) atoms. The van der Waals surface area contributed by atoms with E-state index in [0.29, 0.717) is 46.5 Å². The Kier molecular flexibility index (Phi) is 5.82. The number of rotatable bonds is 4. The lowest BCUT2D eigenvalue weighted by molar-refractivity contribution is 0.246. The van der Waals surface area contributed by atoms with Crippen LogP contribution in [0.4, 0.5) is 5.69 Å². The number of aromatic nitrogens is 2. The van der Waals surface area contributed by atoms with Gasteiger partial charge in [0.1, 0.15) is 28.1 Å². The van der Waals surface area contributed by atoms with Crippen molar-refractivity contribution in [1.82, 2.24) is 14.9 Å². The number of nitrogens with one attached hydrogen (secondary N) is 1. The highest BCUT2D eigenvalue weighted by molar-refractivity contribution is 6.31. The van der Waals surface area contributed by atoms with E-state index in [2.05, 4.69) is 14.9 Å². The minimum atomic E-state index is -0.424. The van der Waals surface area contributed by atoms with Crippen molar-refractivity contribution in [2.75, 3.05) is 38.2 Å². The van der Waals surface area contributed by atoms with Crippen molar-refractivity contribution in [2.45, 2.75) is 6.54 Å². The molecule has 2 aromatic heterocycles. The molecule has 0 radical (unpaired) electrons. The molecule has 1 aromatic carbocycles. The number of nitrogens with zero attached hydrogens (tertiary/aromatic N) is 4. The smallest absolute Gasteiger partial charge is 0.268 e. The van der Waals surface area contributed by atoms with Crippen molar-refractivity contribution in [3.8, 4) is 11.8 Å². The van der Waals surface area contributed by atoms with Gasteiger partial charge in [0.25, 0.3) is 5.56 Å². The SMILES string of the molecule is COc1cccc(Cl)c1CN1CCN(c2c(C#N)c(=O)[nH]c3ccc(Cl)nc23)CC1. The number of fused-ring (bicyclic) bond motifs is 1. The number of piperazine rings is 1. The second-order valence-corrected chi connectivity index (χ2v) is 7.80. The third kappa shape index (κ3) is 3.82. The molecule has 7 nitrogen and oxygen atoms in total. The number of ether oxygens (including phenoxy) is 1. The monoisotopic (exact) mass is 443 g/mol. The average molecular weight is 444 g/mol. The van der Waals surface area contributed by atoms with Crippen LogP contribution < -0.4 is 15.2 Å². The number of methoxy groups -OCH3 is 1. The molecule has 0 unspecified atom stereocenters. The fraction of sp³-hybridized carbons (Fsp3) is 0.286. The van der Waals surface area contributed by atoms with Gasteiger partial charge in [-0.25, -0.2) is 4.98 Å². The minimum Gasteiger partial charge on any atom is -0.496 e. The fourth-order valence-electron chi connectivity index (χ4n) is 3.78. The van der Waals surface area contributed by atoms with Gasteiger partial charge in [-0.2, -0.15) is 5.26 Å². The molecule has 3 aromatic rings. The van der Waals surface area contributed by atoms with Crippen LogP contribution in [-0.2, 0) is 6.54 Å². The van der Waals surface area contributed by atoms with Crippen LogP contribution in [0.5, 0.6) is 5.75 Å². The van der Waals surface area contributed by atoms with Gasteiger partial charge in [-0.3, -0.25) is 9.69 Å². The first kappa shape index (κ1) is 20.5. The third-order valence-corrected chi connectivity index (χ3v) is 5.84. The first-order valence-electron chi connectivity index (χ1n) is 9.43. The van der Waals surface area contributed by atoms with E-state index in [9.17, 15) is 10.1 Å². The second-order valence-electron chi connectivity index (χ2n) is 7.00. The molecule has 154 valence electrons. The Morgan fingerprint density at radius 3 is 2.67 bits per heavy atom. The number of nitriles is 1. The normalized spacial score (nSPS) is 14.7. The van der Waals surface area contributed by atoms with Gasteiger partial charge in [-0.15, -0.1) is 0 Å². The van der Waals surface area contributed by atoms with E-state index >= 15 is 0 Å². The Morgan fingerprint density at radius 2 is 1.97 bits per heavy atom. The Morgan fingerprint density at radius 1 is 1.20 bits per heavy atom. The molecular formula is C21H19Cl2N5O2. The molecule has 1 N–H and O–H groups in total. The molecule has 0 saturated carbocycles. The Bertz CT molecular complexity index is 1200. The molecule has 0 amide bonds. The van der Waals surface area contributed by atoms with Crippen LogP contribution >= 0.6 is 23.2 Å². The first-order valence-corrected chi connectivity index (χ1v) is 10.2. The average Bonchev–Trinajstić information content (AvgIpc) is 2.75. The standard InChI is InChI=1S/C21H19Cl2N5O2/c1-30-17-4-2-3-15(22)14(17)12-27-7-9-28(10-8-27)20-13(11-24)21(29)25-16-5-6-18(23)26-19(16)20/h2-6H,7-10,12H2,1H3,(H,25,29). The summed E-state index contributed by atoms with van der Waals surface area (Å²) in [6.07, 6.45) is 0. The molecule has 1 saturated heterocycles. The van der Waals surface area contributed by atoms with Gasteiger partial charge in [-0.1, -0.05) is 29.3 Å². The van der Waals surface area contributed by atoms with Crippen molar-refractivity contribution >= 4 is 39.9 Å². The number of anilines is 1. The highest BCUT2D eigenvalue weighted by atomic mass is 35.5. The lowest BCUT2D eigenvalue weighted by Gasteiger charge is -2.36. The molecule has 0 atom stereocenters. The van der Waals surface area contributed by atoms with Gasteiger partial charge in [0.05, 0.1) is 18.3 Å². The Hall–Kier alpha value is -2.79. The maximum atomic E-state index is 12.4. The van der Waals surface area contributed by atoms with Crippen molar-refractivity contribution < 1.29 is 4.74 Å². The molecule has 1 aliphatic rings. The highest BCUT2D eigenvalue weighted by Crippen LogP contribution is 2.30. The van der Waals surface area contributed by atoms with Crippen LogP contribution in [0.3, 0.4) is 0 Å². The van der Waals surface area contributed by atoms with E-state index in [0.717, 1.165) is 24.4 Å². The molecule has 0 bridgehead atoms. The van der Waals surface area contributed by atoms with Gasteiger partial charge in [0.15, 0.2) is 0 Å². The largest absolute Gasteiger partial charge is 0.496 e. The van der Waals surface area contributed by atoms with E-state index in [-0.39, 0.29) is 5.56 Å². The predicted molar refractivity (Wildman–Crippen MR) is 118 cm³/mol. The van der Waals surface area contributed by atoms with Gasteiger partial charge in [0, 0.05) is 43.3 Å². The maximum Gasteiger partial charge on any atom is 0.268 e. The van der Waals surface area contributed by atoms with Crippen molar-refractivity contribution in [3.63, 3.8) is 0 Å². The maximum absolute atomic E-state index is 12.4. The molecule has 0 spiro atoms. The third-order valence-electron chi connectivity index (χ3n) is 5.28. The van der Waals surface area contributed by atoms with Gasteiger partial charge in [-0.05, 0) is 24.3 Å². The summed E-state index contributed by atoms with van der Waals surface area (Å²) in [5, 5.41) is 10.6. The fourth-order valence-corrected chi connectivity index (χ4v) is 4.15. The quantitative estimate of drug-likeness (QED) is 0.621. The van der Waals surface area contributed by atoms with Crippen molar-refractivity contribution in [3.05, 3.63) is 62.0 Å². The summed E-state index contributed by atoms with van der Waals surface area (Å²) in [7, 11) is 1.63. The Balaban J connectivity index is 1.61. The van der Waals surface area contributed by atoms with E-state index in [4.69, 9.17) is 27.9 Å². The van der Waals surface area contributed by atoms with Crippen LogP contribution in [0.2, 0.25) is 10.2 Å². The van der Waals surface area contributed by atoms with Gasteiger partial charge < -0.3 is 14.6 Å². The van der Waals surface area contributed by atoms with Crippen LogP contribution in [0.15, 0.2) is 35.1 Å². The number of pyridine rings is 2. The zero-order valence-corrected chi connectivity index (χ0v) is 17.8. The number of hydrogen-bond acceptors (Lipinski definition) is 6. The topological polar surface area (TPSA) is 85.2 Å². The predicted octanol–water partition coefficient (Wildman–Crippen LogP) is 3.43. The molecule has 4 rings (SSSR count). The van der Waals surface area contributed by atoms with E-state index in [1.165, 1.54) is 0 Å². The molecule has 3 heterocycles. The summed E-state index contributed by atoms with van der Waals surface area (Å²) in [6, 6.07) is 11.0. The van der Waals surface area contributed by atoms with Crippen LogP contribution in [0.1, 0.15) is 11.1 Å². The van der Waals surface area contributed by atoms with Crippen molar-refractivity contribution in [2.24, 2.45) is 0 Å².